The SMILES string of the molecule is Cc1ccc(S(=O)(=O)OCCOc2cccc3nc(-c4c(C)cc(O[Si](C)(C)C(C)(C)C)cc4C)c(Nc4ccc5c(c4)OCCO5)n23)cc1. The number of aryl methyl sites for hydroxylation is 3. The Morgan fingerprint density at radius 2 is 1.56 bits per heavy atom. The van der Waals surface area contributed by atoms with Crippen molar-refractivity contribution < 1.29 is 31.2 Å². The molecule has 0 bridgehead atoms. The molecule has 12 heteroatoms. The van der Waals surface area contributed by atoms with Crippen molar-refractivity contribution in [2.75, 3.05) is 31.7 Å². The van der Waals surface area contributed by atoms with Crippen LogP contribution in [0.25, 0.3) is 16.9 Å². The van der Waals surface area contributed by atoms with Gasteiger partial charge in [0.05, 0.1) is 4.90 Å². The lowest BCUT2D eigenvalue weighted by molar-refractivity contribution is 0.171. The molecule has 0 saturated carbocycles. The molecule has 0 spiro atoms. The van der Waals surface area contributed by atoms with E-state index in [1.165, 1.54) is 12.1 Å². The molecule has 1 aliphatic rings. The molecule has 0 aliphatic carbocycles. The lowest BCUT2D eigenvalue weighted by Gasteiger charge is -2.36. The van der Waals surface area contributed by atoms with E-state index in [1.807, 2.05) is 47.7 Å². The van der Waals surface area contributed by atoms with Crippen molar-refractivity contribution in [3.8, 4) is 34.4 Å². The van der Waals surface area contributed by atoms with Crippen LogP contribution in [0.15, 0.2) is 77.7 Å². The fourth-order valence-corrected chi connectivity index (χ4v) is 7.50. The molecule has 0 radical (unpaired) electrons. The first-order valence-corrected chi connectivity index (χ1v) is 21.0. The molecule has 3 heterocycles. The topological polar surface area (TPSA) is 110 Å². The number of hydrogen-bond donors (Lipinski definition) is 1. The Hall–Kier alpha value is -4.52. The monoisotopic (exact) mass is 715 g/mol. The first-order valence-electron chi connectivity index (χ1n) is 16.7. The van der Waals surface area contributed by atoms with E-state index in [9.17, 15) is 8.42 Å². The first kappa shape index (κ1) is 35.3. The summed E-state index contributed by atoms with van der Waals surface area (Å²) in [6.07, 6.45) is 0. The van der Waals surface area contributed by atoms with Gasteiger partial charge in [-0.3, -0.25) is 4.18 Å². The summed E-state index contributed by atoms with van der Waals surface area (Å²) in [4.78, 5) is 5.21. The number of pyridine rings is 1. The van der Waals surface area contributed by atoms with Crippen LogP contribution < -0.4 is 24.0 Å². The van der Waals surface area contributed by atoms with Gasteiger partial charge in [-0.2, -0.15) is 8.42 Å². The van der Waals surface area contributed by atoms with Gasteiger partial charge in [0, 0.05) is 17.3 Å². The van der Waals surface area contributed by atoms with Gasteiger partial charge in [-0.1, -0.05) is 44.5 Å². The third-order valence-corrected chi connectivity index (χ3v) is 14.9. The smallest absolute Gasteiger partial charge is 0.297 e. The third kappa shape index (κ3) is 7.33. The molecule has 3 aromatic carbocycles. The van der Waals surface area contributed by atoms with Crippen molar-refractivity contribution in [1.82, 2.24) is 9.38 Å². The van der Waals surface area contributed by atoms with Gasteiger partial charge in [0.25, 0.3) is 10.1 Å². The molecule has 1 N–H and O–H groups in total. The number of benzene rings is 3. The summed E-state index contributed by atoms with van der Waals surface area (Å²) in [6.45, 7) is 18.0. The normalized spacial score (nSPS) is 13.4. The molecule has 10 nitrogen and oxygen atoms in total. The Bertz CT molecular complexity index is 2120. The fraction of sp³-hybridized carbons (Fsp3) is 0.342. The van der Waals surface area contributed by atoms with Crippen LogP contribution >= 0.6 is 0 Å². The summed E-state index contributed by atoms with van der Waals surface area (Å²) < 4.78 is 57.2. The summed E-state index contributed by atoms with van der Waals surface area (Å²) in [5.41, 5.74) is 6.10. The highest BCUT2D eigenvalue weighted by molar-refractivity contribution is 7.86. The molecule has 0 amide bonds. The van der Waals surface area contributed by atoms with Gasteiger partial charge in [-0.25, -0.2) is 9.38 Å². The number of imidazole rings is 1. The number of fused-ring (bicyclic) bond motifs is 2. The van der Waals surface area contributed by atoms with E-state index >= 15 is 0 Å². The van der Waals surface area contributed by atoms with Crippen molar-refractivity contribution >= 4 is 35.6 Å². The maximum Gasteiger partial charge on any atom is 0.297 e. The number of hydrogen-bond acceptors (Lipinski definition) is 9. The number of aromatic nitrogens is 2. The van der Waals surface area contributed by atoms with Gasteiger partial charge in [-0.05, 0) is 98.6 Å². The predicted molar refractivity (Wildman–Crippen MR) is 198 cm³/mol. The minimum absolute atomic E-state index is 0.0152. The maximum absolute atomic E-state index is 12.8. The van der Waals surface area contributed by atoms with Crippen LogP contribution in [0.5, 0.6) is 23.1 Å². The van der Waals surface area contributed by atoms with Gasteiger partial charge in [0.2, 0.25) is 14.2 Å². The molecular weight excluding hydrogens is 671 g/mol. The second-order valence-corrected chi connectivity index (χ2v) is 20.4. The maximum atomic E-state index is 12.8. The number of ether oxygens (including phenoxy) is 3. The number of rotatable bonds is 11. The summed E-state index contributed by atoms with van der Waals surface area (Å²) in [7, 11) is -6.00. The first-order chi connectivity index (χ1) is 23.6. The molecule has 0 atom stereocenters. The number of nitrogens with zero attached hydrogens (tertiary/aromatic N) is 2. The van der Waals surface area contributed by atoms with Crippen LogP contribution in [-0.2, 0) is 14.3 Å². The van der Waals surface area contributed by atoms with Crippen molar-refractivity contribution in [3.05, 3.63) is 89.5 Å². The Morgan fingerprint density at radius 1 is 0.880 bits per heavy atom. The molecule has 0 unspecified atom stereocenters. The summed E-state index contributed by atoms with van der Waals surface area (Å²) >= 11 is 0. The van der Waals surface area contributed by atoms with Gasteiger partial charge in [0.1, 0.15) is 49.3 Å². The molecule has 1 aliphatic heterocycles. The van der Waals surface area contributed by atoms with Crippen molar-refractivity contribution in [3.63, 3.8) is 0 Å². The Labute approximate surface area is 295 Å². The Morgan fingerprint density at radius 3 is 2.24 bits per heavy atom. The predicted octanol–water partition coefficient (Wildman–Crippen LogP) is 8.61. The van der Waals surface area contributed by atoms with E-state index in [0.29, 0.717) is 42.1 Å². The van der Waals surface area contributed by atoms with Gasteiger partial charge in [0.15, 0.2) is 11.5 Å². The standard InChI is InChI=1S/C38H45N3O7SSi/c1-25-12-15-30(16-13-25)49(42,43)47-21-20-46-34-11-9-10-33-40-36(35-26(2)22-29(23-27(35)3)48-50(7,8)38(4,5)6)37(41(33)34)39-28-14-17-31-32(24-28)45-19-18-44-31/h9-17,22-24,39H,18-21H2,1-8H3. The van der Waals surface area contributed by atoms with Gasteiger partial charge >= 0.3 is 0 Å². The van der Waals surface area contributed by atoms with Gasteiger partial charge in [-0.15, -0.1) is 0 Å². The molecule has 50 heavy (non-hydrogen) atoms. The van der Waals surface area contributed by atoms with Crippen LogP contribution in [0.2, 0.25) is 18.1 Å². The highest BCUT2D eigenvalue weighted by Crippen LogP contribution is 2.42. The average molecular weight is 716 g/mol. The molecule has 5 aromatic rings. The van der Waals surface area contributed by atoms with Crippen molar-refractivity contribution in [1.29, 1.82) is 0 Å². The summed E-state index contributed by atoms with van der Waals surface area (Å²) in [6, 6.07) is 22.0. The van der Waals surface area contributed by atoms with Crippen LogP contribution in [0.1, 0.15) is 37.5 Å². The Kier molecular flexibility index (Phi) is 9.64. The average Bonchev–Trinajstić information content (AvgIpc) is 3.40. The molecule has 0 saturated heterocycles. The lowest BCUT2D eigenvalue weighted by atomic mass is 9.99. The zero-order chi connectivity index (χ0) is 35.8. The molecule has 264 valence electrons. The van der Waals surface area contributed by atoms with Crippen LogP contribution in [-0.4, -0.2) is 52.5 Å². The quantitative estimate of drug-likeness (QED) is 0.0817. The van der Waals surface area contributed by atoms with Crippen LogP contribution in [0.3, 0.4) is 0 Å². The highest BCUT2D eigenvalue weighted by atomic mass is 32.2. The zero-order valence-corrected chi connectivity index (χ0v) is 31.7. The lowest BCUT2D eigenvalue weighted by Crippen LogP contribution is -2.43. The summed E-state index contributed by atoms with van der Waals surface area (Å²) in [5.74, 6) is 3.33. The fourth-order valence-electron chi connectivity index (χ4n) is 5.59. The van der Waals surface area contributed by atoms with Crippen LogP contribution in [0.4, 0.5) is 11.5 Å². The van der Waals surface area contributed by atoms with E-state index < -0.39 is 18.4 Å². The largest absolute Gasteiger partial charge is 0.543 e. The molecule has 0 fully saturated rings. The Balaban J connectivity index is 1.36. The summed E-state index contributed by atoms with van der Waals surface area (Å²) in [5, 5.41) is 3.64. The van der Waals surface area contributed by atoms with E-state index in [4.69, 9.17) is 27.8 Å². The van der Waals surface area contributed by atoms with E-state index in [-0.39, 0.29) is 23.1 Å². The van der Waals surface area contributed by atoms with Crippen LogP contribution in [0, 0.1) is 20.8 Å². The van der Waals surface area contributed by atoms with Crippen molar-refractivity contribution in [2.45, 2.75) is 64.6 Å². The minimum atomic E-state index is -3.94. The number of nitrogens with one attached hydrogen (secondary N) is 1. The number of anilines is 2. The molecular formula is C38H45N3O7SSi. The third-order valence-electron chi connectivity index (χ3n) is 9.22. The molecule has 2 aromatic heterocycles. The second kappa shape index (κ2) is 13.7. The van der Waals surface area contributed by atoms with Crippen molar-refractivity contribution in [2.24, 2.45) is 0 Å². The highest BCUT2D eigenvalue weighted by Gasteiger charge is 2.39. The minimum Gasteiger partial charge on any atom is -0.543 e. The van der Waals surface area contributed by atoms with E-state index in [0.717, 1.165) is 39.4 Å². The van der Waals surface area contributed by atoms with Gasteiger partial charge < -0.3 is 24.0 Å². The molecule has 6 rings (SSSR count). The second-order valence-electron chi connectivity index (χ2n) is 14.1. The zero-order valence-electron chi connectivity index (χ0n) is 29.9. The van der Waals surface area contributed by atoms with E-state index in [1.54, 1.807) is 12.1 Å². The van der Waals surface area contributed by atoms with E-state index in [2.05, 4.69) is 65.2 Å².